The molecule has 120 valence electrons. The van der Waals surface area contributed by atoms with Gasteiger partial charge in [0.1, 0.15) is 0 Å². The fourth-order valence-corrected chi connectivity index (χ4v) is 2.69. The first-order valence-corrected chi connectivity index (χ1v) is 8.15. The summed E-state index contributed by atoms with van der Waals surface area (Å²) in [5.41, 5.74) is 2.68. The lowest BCUT2D eigenvalue weighted by Gasteiger charge is -2.32. The fraction of sp³-hybridized carbons (Fsp3) is 0.667. The van der Waals surface area contributed by atoms with Crippen molar-refractivity contribution in [2.24, 2.45) is 5.92 Å². The van der Waals surface area contributed by atoms with Gasteiger partial charge in [0.15, 0.2) is 0 Å². The smallest absolute Gasteiger partial charge is 0.0388 e. The van der Waals surface area contributed by atoms with E-state index in [1.54, 1.807) is 0 Å². The summed E-state index contributed by atoms with van der Waals surface area (Å²) in [5.74, 6) is 0.701. The van der Waals surface area contributed by atoms with Crippen LogP contribution in [0.2, 0.25) is 0 Å². The molecule has 1 unspecified atom stereocenters. The first-order valence-electron chi connectivity index (χ1n) is 8.15. The molecule has 1 rings (SSSR count). The van der Waals surface area contributed by atoms with Crippen LogP contribution in [0.3, 0.4) is 0 Å². The van der Waals surface area contributed by atoms with Gasteiger partial charge in [-0.15, -0.1) is 0 Å². The van der Waals surface area contributed by atoms with E-state index in [4.69, 9.17) is 0 Å². The zero-order valence-corrected chi connectivity index (χ0v) is 14.7. The molecule has 21 heavy (non-hydrogen) atoms. The molecule has 0 bridgehead atoms. The summed E-state index contributed by atoms with van der Waals surface area (Å²) >= 11 is 0. The zero-order chi connectivity index (χ0) is 15.8. The number of nitrogens with zero attached hydrogens (tertiary/aromatic N) is 2. The summed E-state index contributed by atoms with van der Waals surface area (Å²) in [6.07, 6.45) is 0. The van der Waals surface area contributed by atoms with Crippen LogP contribution in [-0.4, -0.2) is 44.7 Å². The van der Waals surface area contributed by atoms with Gasteiger partial charge >= 0.3 is 0 Å². The minimum Gasteiger partial charge on any atom is -0.368 e. The van der Waals surface area contributed by atoms with E-state index >= 15 is 0 Å². The molecule has 0 aliphatic rings. The second kappa shape index (κ2) is 9.06. The van der Waals surface area contributed by atoms with Gasteiger partial charge < -0.3 is 15.1 Å². The van der Waals surface area contributed by atoms with Crippen molar-refractivity contribution < 1.29 is 0 Å². The monoisotopic (exact) mass is 291 g/mol. The summed E-state index contributed by atoms with van der Waals surface area (Å²) in [7, 11) is 4.27. The van der Waals surface area contributed by atoms with Crippen molar-refractivity contribution in [2.75, 3.05) is 38.6 Å². The van der Waals surface area contributed by atoms with E-state index in [0.29, 0.717) is 12.0 Å². The third kappa shape index (κ3) is 6.49. The predicted molar refractivity (Wildman–Crippen MR) is 94.0 cm³/mol. The van der Waals surface area contributed by atoms with Crippen LogP contribution in [0.15, 0.2) is 24.3 Å². The van der Waals surface area contributed by atoms with Gasteiger partial charge in [0.05, 0.1) is 0 Å². The lowest BCUT2D eigenvalue weighted by atomic mass is 10.1. The Balaban J connectivity index is 2.62. The van der Waals surface area contributed by atoms with Crippen LogP contribution in [0.4, 0.5) is 5.69 Å². The molecule has 0 amide bonds. The van der Waals surface area contributed by atoms with Crippen LogP contribution in [0.25, 0.3) is 0 Å². The molecule has 1 atom stereocenters. The third-order valence-corrected chi connectivity index (χ3v) is 3.65. The number of benzene rings is 1. The minimum absolute atomic E-state index is 0.523. The maximum atomic E-state index is 3.49. The second-order valence-corrected chi connectivity index (χ2v) is 6.59. The summed E-state index contributed by atoms with van der Waals surface area (Å²) in [5, 5.41) is 3.49. The van der Waals surface area contributed by atoms with Gasteiger partial charge in [0.25, 0.3) is 0 Å². The van der Waals surface area contributed by atoms with Crippen molar-refractivity contribution in [3.63, 3.8) is 0 Å². The Hall–Kier alpha value is -1.06. The Bertz CT molecular complexity index is 384. The highest BCUT2D eigenvalue weighted by Crippen LogP contribution is 2.18. The number of likely N-dealkylation sites (N-methyl/N-ethyl adjacent to an activating group) is 2. The van der Waals surface area contributed by atoms with Gasteiger partial charge in [0.2, 0.25) is 0 Å². The zero-order valence-electron chi connectivity index (χ0n) is 14.7. The third-order valence-electron chi connectivity index (χ3n) is 3.65. The van der Waals surface area contributed by atoms with Crippen LogP contribution < -0.4 is 10.2 Å². The van der Waals surface area contributed by atoms with Crippen molar-refractivity contribution in [2.45, 2.75) is 40.3 Å². The van der Waals surface area contributed by atoms with Gasteiger partial charge in [-0.1, -0.05) is 26.0 Å². The van der Waals surface area contributed by atoms with Gasteiger partial charge in [-0.2, -0.15) is 0 Å². The standard InChI is InChI=1S/C18H33N3/c1-7-21(16(4)14-20(5)6)18-10-8-17(9-11-18)13-19-12-15(2)3/h8-11,15-16,19H,7,12-14H2,1-6H3. The highest BCUT2D eigenvalue weighted by Gasteiger charge is 2.13. The average Bonchev–Trinajstić information content (AvgIpc) is 2.40. The lowest BCUT2D eigenvalue weighted by Crippen LogP contribution is -2.40. The summed E-state index contributed by atoms with van der Waals surface area (Å²) in [6, 6.07) is 9.51. The van der Waals surface area contributed by atoms with Crippen molar-refractivity contribution in [1.82, 2.24) is 10.2 Å². The molecule has 1 aromatic carbocycles. The number of rotatable bonds is 9. The lowest BCUT2D eigenvalue weighted by molar-refractivity contribution is 0.373. The van der Waals surface area contributed by atoms with Crippen LogP contribution >= 0.6 is 0 Å². The van der Waals surface area contributed by atoms with Crippen molar-refractivity contribution >= 4 is 5.69 Å². The fourth-order valence-electron chi connectivity index (χ4n) is 2.69. The highest BCUT2D eigenvalue weighted by molar-refractivity contribution is 5.48. The molecule has 0 radical (unpaired) electrons. The molecule has 1 N–H and O–H groups in total. The van der Waals surface area contributed by atoms with Crippen LogP contribution in [0.1, 0.15) is 33.3 Å². The van der Waals surface area contributed by atoms with Gasteiger partial charge in [0, 0.05) is 31.4 Å². The Morgan fingerprint density at radius 1 is 1.05 bits per heavy atom. The Morgan fingerprint density at radius 2 is 1.67 bits per heavy atom. The normalized spacial score (nSPS) is 13.0. The van der Waals surface area contributed by atoms with E-state index < -0.39 is 0 Å². The Kier molecular flexibility index (Phi) is 7.76. The van der Waals surface area contributed by atoms with Crippen molar-refractivity contribution in [1.29, 1.82) is 0 Å². The number of anilines is 1. The molecule has 0 fully saturated rings. The Morgan fingerprint density at radius 3 is 2.14 bits per heavy atom. The molecular weight excluding hydrogens is 258 g/mol. The summed E-state index contributed by atoms with van der Waals surface area (Å²) in [4.78, 5) is 4.71. The summed E-state index contributed by atoms with van der Waals surface area (Å²) in [6.45, 7) is 13.1. The van der Waals surface area contributed by atoms with E-state index in [9.17, 15) is 0 Å². The van der Waals surface area contributed by atoms with Crippen LogP contribution in [0.5, 0.6) is 0 Å². The molecule has 1 aromatic rings. The molecule has 0 aliphatic carbocycles. The minimum atomic E-state index is 0.523. The van der Waals surface area contributed by atoms with E-state index in [2.05, 4.69) is 81.2 Å². The first kappa shape index (κ1) is 18.0. The quantitative estimate of drug-likeness (QED) is 0.754. The maximum absolute atomic E-state index is 3.49. The van der Waals surface area contributed by atoms with Crippen molar-refractivity contribution in [3.8, 4) is 0 Å². The second-order valence-electron chi connectivity index (χ2n) is 6.59. The number of hydrogen-bond donors (Lipinski definition) is 1. The molecule has 3 heteroatoms. The largest absolute Gasteiger partial charge is 0.368 e. The molecule has 3 nitrogen and oxygen atoms in total. The molecule has 0 spiro atoms. The van der Waals surface area contributed by atoms with Crippen LogP contribution in [0, 0.1) is 5.92 Å². The predicted octanol–water partition coefficient (Wildman–Crippen LogP) is 3.21. The Labute approximate surface area is 131 Å². The summed E-state index contributed by atoms with van der Waals surface area (Å²) < 4.78 is 0. The van der Waals surface area contributed by atoms with E-state index in [0.717, 1.165) is 26.2 Å². The number of nitrogens with one attached hydrogen (secondary N) is 1. The van der Waals surface area contributed by atoms with Gasteiger partial charge in [-0.3, -0.25) is 0 Å². The average molecular weight is 291 g/mol. The molecule has 0 saturated carbocycles. The van der Waals surface area contributed by atoms with Crippen LogP contribution in [-0.2, 0) is 6.54 Å². The topological polar surface area (TPSA) is 18.5 Å². The SMILES string of the molecule is CCN(c1ccc(CNCC(C)C)cc1)C(C)CN(C)C. The molecule has 0 aromatic heterocycles. The number of hydrogen-bond acceptors (Lipinski definition) is 3. The molecule has 0 heterocycles. The van der Waals surface area contributed by atoms with Gasteiger partial charge in [-0.05, 0) is 58.1 Å². The molecular formula is C18H33N3. The van der Waals surface area contributed by atoms with Crippen molar-refractivity contribution in [3.05, 3.63) is 29.8 Å². The maximum Gasteiger partial charge on any atom is 0.0388 e. The molecule has 0 aliphatic heterocycles. The first-order chi connectivity index (χ1) is 9.93. The van der Waals surface area contributed by atoms with E-state index in [1.807, 2.05) is 0 Å². The molecule has 0 saturated heterocycles. The van der Waals surface area contributed by atoms with E-state index in [-0.39, 0.29) is 0 Å². The van der Waals surface area contributed by atoms with E-state index in [1.165, 1.54) is 11.3 Å². The van der Waals surface area contributed by atoms with Gasteiger partial charge in [-0.25, -0.2) is 0 Å². The highest BCUT2D eigenvalue weighted by atomic mass is 15.2.